The number of carbonyl (C=O) groups is 4. The molecule has 11 nitrogen and oxygen atoms in total. The molecule has 0 radical (unpaired) electrons. The zero-order valence-corrected chi connectivity index (χ0v) is 13.1. The first-order valence-electron chi connectivity index (χ1n) is 7.21. The van der Waals surface area contributed by atoms with Gasteiger partial charge in [0.15, 0.2) is 11.8 Å². The highest BCUT2D eigenvalue weighted by Crippen LogP contribution is 2.32. The van der Waals surface area contributed by atoms with Gasteiger partial charge in [0.25, 0.3) is 5.91 Å². The minimum absolute atomic E-state index is 0.0995. The summed E-state index contributed by atoms with van der Waals surface area (Å²) in [5.74, 6) is -8.84. The standard InChI is InChI=1S/C15H15N3O8/c16-11(21)12-17-7-4-2-1-3-6(7)10(18-12)9(13(22)23)15(26,14(24)25)5-8(19)20/h1-4,9,12,17,26H,5H2,(H2,16,21)(H,19,20)(H,22,23)(H,24,25). The van der Waals surface area contributed by atoms with Crippen molar-refractivity contribution in [3.63, 3.8) is 0 Å². The first-order chi connectivity index (χ1) is 12.1. The maximum atomic E-state index is 11.8. The van der Waals surface area contributed by atoms with Crippen molar-refractivity contribution in [2.24, 2.45) is 16.6 Å². The molecule has 7 N–H and O–H groups in total. The topological polar surface area (TPSA) is 200 Å². The maximum absolute atomic E-state index is 11.8. The summed E-state index contributed by atoms with van der Waals surface area (Å²) in [6.45, 7) is 0. The van der Waals surface area contributed by atoms with Gasteiger partial charge in [0.2, 0.25) is 0 Å². The number of primary amides is 1. The van der Waals surface area contributed by atoms with E-state index >= 15 is 0 Å². The molecule has 26 heavy (non-hydrogen) atoms. The van der Waals surface area contributed by atoms with Crippen LogP contribution in [0.1, 0.15) is 12.0 Å². The van der Waals surface area contributed by atoms with Crippen LogP contribution in [0.4, 0.5) is 5.69 Å². The van der Waals surface area contributed by atoms with Gasteiger partial charge in [-0.2, -0.15) is 0 Å². The largest absolute Gasteiger partial charge is 0.481 e. The highest BCUT2D eigenvalue weighted by atomic mass is 16.4. The molecule has 1 aromatic rings. The van der Waals surface area contributed by atoms with Crippen LogP contribution in [-0.2, 0) is 19.2 Å². The number of nitrogens with zero attached hydrogens (tertiary/aromatic N) is 1. The summed E-state index contributed by atoms with van der Waals surface area (Å²) >= 11 is 0. The predicted molar refractivity (Wildman–Crippen MR) is 85.5 cm³/mol. The predicted octanol–water partition coefficient (Wildman–Crippen LogP) is -1.30. The summed E-state index contributed by atoms with van der Waals surface area (Å²) < 4.78 is 0. The first-order valence-corrected chi connectivity index (χ1v) is 7.21. The highest BCUT2D eigenvalue weighted by molar-refractivity contribution is 6.19. The maximum Gasteiger partial charge on any atom is 0.337 e. The van der Waals surface area contributed by atoms with Gasteiger partial charge < -0.3 is 31.5 Å². The number of aliphatic hydroxyl groups is 1. The van der Waals surface area contributed by atoms with Gasteiger partial charge >= 0.3 is 17.9 Å². The van der Waals surface area contributed by atoms with E-state index in [4.69, 9.17) is 10.8 Å². The quantitative estimate of drug-likeness (QED) is 0.340. The van der Waals surface area contributed by atoms with E-state index < -0.39 is 53.6 Å². The lowest BCUT2D eigenvalue weighted by Gasteiger charge is -2.33. The van der Waals surface area contributed by atoms with Gasteiger partial charge in [-0.1, -0.05) is 18.2 Å². The minimum atomic E-state index is -3.21. The SMILES string of the molecule is NC(=O)C1N=C(C(C(=O)O)C(O)(CC(=O)O)C(=O)O)c2ccccc2N1. The van der Waals surface area contributed by atoms with Crippen LogP contribution in [0.25, 0.3) is 0 Å². The lowest BCUT2D eigenvalue weighted by atomic mass is 9.78. The van der Waals surface area contributed by atoms with Crippen molar-refractivity contribution in [1.29, 1.82) is 0 Å². The van der Waals surface area contributed by atoms with Crippen LogP contribution in [-0.4, -0.2) is 61.7 Å². The average molecular weight is 365 g/mol. The number of carbonyl (C=O) groups excluding carboxylic acids is 1. The Balaban J connectivity index is 2.70. The Labute approximate surface area is 145 Å². The van der Waals surface area contributed by atoms with Crippen molar-refractivity contribution >= 4 is 35.2 Å². The van der Waals surface area contributed by atoms with E-state index in [1.54, 1.807) is 6.07 Å². The van der Waals surface area contributed by atoms with Crippen LogP contribution in [0.15, 0.2) is 29.3 Å². The van der Waals surface area contributed by atoms with Crippen molar-refractivity contribution in [2.45, 2.75) is 18.2 Å². The monoisotopic (exact) mass is 365 g/mol. The third-order valence-electron chi connectivity index (χ3n) is 3.82. The molecule has 1 amide bonds. The lowest BCUT2D eigenvalue weighted by Crippen LogP contribution is -2.55. The Bertz CT molecular complexity index is 821. The fourth-order valence-electron chi connectivity index (χ4n) is 2.66. The molecular formula is C15H15N3O8. The second-order valence-corrected chi connectivity index (χ2v) is 5.58. The molecule has 0 spiro atoms. The summed E-state index contributed by atoms with van der Waals surface area (Å²) in [7, 11) is 0. The number of nitrogens with one attached hydrogen (secondary N) is 1. The van der Waals surface area contributed by atoms with Gasteiger partial charge in [0, 0.05) is 11.3 Å². The second-order valence-electron chi connectivity index (χ2n) is 5.58. The number of benzene rings is 1. The molecule has 1 heterocycles. The Morgan fingerprint density at radius 3 is 2.31 bits per heavy atom. The van der Waals surface area contributed by atoms with Gasteiger partial charge in [0.1, 0.15) is 5.92 Å². The molecule has 1 aliphatic heterocycles. The van der Waals surface area contributed by atoms with Gasteiger partial charge in [-0.25, -0.2) is 4.79 Å². The number of amides is 1. The zero-order valence-electron chi connectivity index (χ0n) is 13.1. The Morgan fingerprint density at radius 2 is 1.81 bits per heavy atom. The average Bonchev–Trinajstić information content (AvgIpc) is 2.53. The fourth-order valence-corrected chi connectivity index (χ4v) is 2.66. The number of carboxylic acids is 3. The molecule has 0 aromatic heterocycles. The molecule has 0 fully saturated rings. The second kappa shape index (κ2) is 6.80. The van der Waals surface area contributed by atoms with Crippen molar-refractivity contribution in [2.75, 3.05) is 5.32 Å². The lowest BCUT2D eigenvalue weighted by molar-refractivity contribution is -0.174. The smallest absolute Gasteiger partial charge is 0.337 e. The summed E-state index contributed by atoms with van der Waals surface area (Å²) in [6.07, 6.45) is -2.81. The van der Waals surface area contributed by atoms with Crippen molar-refractivity contribution in [3.05, 3.63) is 29.8 Å². The molecule has 138 valence electrons. The summed E-state index contributed by atoms with van der Waals surface area (Å²) in [5.41, 5.74) is 1.84. The van der Waals surface area contributed by atoms with E-state index in [0.29, 0.717) is 0 Å². The molecule has 0 saturated carbocycles. The molecule has 3 unspecified atom stereocenters. The molecule has 0 aliphatic carbocycles. The summed E-state index contributed by atoms with van der Waals surface area (Å²) in [6, 6.07) is 5.91. The molecule has 0 bridgehead atoms. The van der Waals surface area contributed by atoms with Gasteiger partial charge in [-0.05, 0) is 6.07 Å². The Hall–Kier alpha value is -3.47. The van der Waals surface area contributed by atoms with E-state index in [-0.39, 0.29) is 11.3 Å². The third-order valence-corrected chi connectivity index (χ3v) is 3.82. The summed E-state index contributed by atoms with van der Waals surface area (Å²) in [5, 5.41) is 40.8. The number of carboxylic acid groups (broad SMARTS) is 3. The van der Waals surface area contributed by atoms with E-state index in [0.717, 1.165) is 0 Å². The third kappa shape index (κ3) is 3.32. The number of anilines is 1. The Kier molecular flexibility index (Phi) is 4.93. The van der Waals surface area contributed by atoms with E-state index in [1.165, 1.54) is 18.2 Å². The number of para-hydroxylation sites is 1. The molecule has 2 rings (SSSR count). The van der Waals surface area contributed by atoms with Crippen molar-refractivity contribution in [1.82, 2.24) is 0 Å². The molecule has 1 aromatic carbocycles. The van der Waals surface area contributed by atoms with Gasteiger partial charge in [0.05, 0.1) is 12.1 Å². The number of hydrogen-bond donors (Lipinski definition) is 6. The van der Waals surface area contributed by atoms with Crippen LogP contribution in [0.2, 0.25) is 0 Å². The van der Waals surface area contributed by atoms with E-state index in [2.05, 4.69) is 10.3 Å². The first kappa shape index (κ1) is 18.9. The fraction of sp³-hybridized carbons (Fsp3) is 0.267. The molecular weight excluding hydrogens is 350 g/mol. The van der Waals surface area contributed by atoms with E-state index in [9.17, 15) is 34.5 Å². The number of aliphatic imine (C=N–C) groups is 1. The van der Waals surface area contributed by atoms with Gasteiger partial charge in [-0.3, -0.25) is 19.4 Å². The molecule has 11 heteroatoms. The number of rotatable bonds is 7. The number of fused-ring (bicyclic) bond motifs is 1. The number of nitrogens with two attached hydrogens (primary N) is 1. The van der Waals surface area contributed by atoms with Crippen LogP contribution in [0, 0.1) is 5.92 Å². The minimum Gasteiger partial charge on any atom is -0.481 e. The normalized spacial score (nSPS) is 19.1. The van der Waals surface area contributed by atoms with E-state index in [1.807, 2.05) is 0 Å². The molecule has 1 aliphatic rings. The van der Waals surface area contributed by atoms with Gasteiger partial charge in [-0.15, -0.1) is 0 Å². The Morgan fingerprint density at radius 1 is 1.19 bits per heavy atom. The van der Waals surface area contributed by atoms with Crippen molar-refractivity contribution < 1.29 is 39.6 Å². The molecule has 0 saturated heterocycles. The number of aliphatic carboxylic acids is 3. The summed E-state index contributed by atoms with van der Waals surface area (Å²) in [4.78, 5) is 49.7. The van der Waals surface area contributed by atoms with Crippen LogP contribution >= 0.6 is 0 Å². The van der Waals surface area contributed by atoms with Crippen LogP contribution in [0.5, 0.6) is 0 Å². The highest BCUT2D eigenvalue weighted by Gasteiger charge is 2.53. The van der Waals surface area contributed by atoms with Crippen molar-refractivity contribution in [3.8, 4) is 0 Å². The van der Waals surface area contributed by atoms with Crippen LogP contribution in [0.3, 0.4) is 0 Å². The zero-order chi connectivity index (χ0) is 19.6. The number of hydrogen-bond acceptors (Lipinski definition) is 7. The molecule has 3 atom stereocenters. The van der Waals surface area contributed by atoms with Crippen LogP contribution < -0.4 is 11.1 Å².